The number of nitrogens with zero attached hydrogens (tertiary/aromatic N) is 2. The van der Waals surface area contributed by atoms with E-state index in [1.807, 2.05) is 4.90 Å². The zero-order valence-corrected chi connectivity index (χ0v) is 13.1. The number of carbonyl (C=O) groups is 2. The van der Waals surface area contributed by atoms with Gasteiger partial charge in [-0.05, 0) is 24.6 Å². The molecule has 2 heterocycles. The zero-order chi connectivity index (χ0) is 16.1. The molecule has 2 saturated heterocycles. The highest BCUT2D eigenvalue weighted by Gasteiger charge is 2.36. The van der Waals surface area contributed by atoms with Crippen LogP contribution in [-0.2, 0) is 4.79 Å². The Bertz CT molecular complexity index is 552. The standard InChI is InChI=1S/C14H17ClN2O2.CH2O2/c1-19-13-8-10(15)2-3-12(13)14(18)17-7-6-16-5-4-11(17)9-16;2-1-3/h2-3,8,11H,4-7,9H2,1H3;1H,(H,2,3). The summed E-state index contributed by atoms with van der Waals surface area (Å²) >= 11 is 5.94. The van der Waals surface area contributed by atoms with Crippen LogP contribution in [0.3, 0.4) is 0 Å². The SMILES string of the molecule is COc1cc(Cl)ccc1C(=O)N1CCN2CCC1C2.O=CO. The molecular weight excluding hydrogens is 308 g/mol. The van der Waals surface area contributed by atoms with E-state index in [-0.39, 0.29) is 12.4 Å². The van der Waals surface area contributed by atoms with Gasteiger partial charge in [-0.25, -0.2) is 0 Å². The molecule has 1 N–H and O–H groups in total. The first-order chi connectivity index (χ1) is 10.6. The van der Waals surface area contributed by atoms with Crippen molar-refractivity contribution < 1.29 is 19.4 Å². The van der Waals surface area contributed by atoms with Gasteiger partial charge in [0.25, 0.3) is 12.4 Å². The van der Waals surface area contributed by atoms with Crippen molar-refractivity contribution >= 4 is 24.0 Å². The number of methoxy groups -OCH3 is 1. The van der Waals surface area contributed by atoms with Crippen molar-refractivity contribution in [2.75, 3.05) is 33.3 Å². The quantitative estimate of drug-likeness (QED) is 0.836. The van der Waals surface area contributed by atoms with Crippen LogP contribution < -0.4 is 4.74 Å². The number of fused-ring (bicyclic) bond motifs is 2. The highest BCUT2D eigenvalue weighted by atomic mass is 35.5. The van der Waals surface area contributed by atoms with Gasteiger partial charge in [0.1, 0.15) is 5.75 Å². The summed E-state index contributed by atoms with van der Waals surface area (Å²) in [6, 6.07) is 5.54. The molecule has 1 aromatic carbocycles. The number of benzene rings is 1. The normalized spacial score (nSPS) is 22.5. The summed E-state index contributed by atoms with van der Waals surface area (Å²) in [5.74, 6) is 0.609. The summed E-state index contributed by atoms with van der Waals surface area (Å²) in [5, 5.41) is 7.47. The Morgan fingerprint density at radius 1 is 1.41 bits per heavy atom. The van der Waals surface area contributed by atoms with Crippen molar-refractivity contribution in [1.82, 2.24) is 9.80 Å². The van der Waals surface area contributed by atoms with E-state index in [0.717, 1.165) is 32.6 Å². The van der Waals surface area contributed by atoms with Crippen molar-refractivity contribution in [2.45, 2.75) is 12.5 Å². The fourth-order valence-electron chi connectivity index (χ4n) is 2.97. The van der Waals surface area contributed by atoms with Crippen LogP contribution >= 0.6 is 11.6 Å². The molecule has 3 rings (SSSR count). The van der Waals surface area contributed by atoms with Crippen LogP contribution in [0.4, 0.5) is 0 Å². The maximum atomic E-state index is 12.7. The molecule has 6 nitrogen and oxygen atoms in total. The number of rotatable bonds is 2. The van der Waals surface area contributed by atoms with Crippen LogP contribution in [0.15, 0.2) is 18.2 Å². The van der Waals surface area contributed by atoms with Crippen LogP contribution in [0.2, 0.25) is 5.02 Å². The second-order valence-electron chi connectivity index (χ2n) is 5.19. The van der Waals surface area contributed by atoms with E-state index < -0.39 is 0 Å². The second kappa shape index (κ2) is 7.47. The highest BCUT2D eigenvalue weighted by molar-refractivity contribution is 6.30. The molecule has 2 aliphatic rings. The summed E-state index contributed by atoms with van der Waals surface area (Å²) in [4.78, 5) is 25.4. The lowest BCUT2D eigenvalue weighted by Crippen LogP contribution is -2.49. The zero-order valence-electron chi connectivity index (χ0n) is 12.4. The number of halogens is 1. The largest absolute Gasteiger partial charge is 0.496 e. The van der Waals surface area contributed by atoms with Gasteiger partial charge in [-0.2, -0.15) is 0 Å². The summed E-state index contributed by atoms with van der Waals surface area (Å²) in [6.45, 7) is 3.63. The van der Waals surface area contributed by atoms with Gasteiger partial charge < -0.3 is 14.7 Å². The molecule has 2 fully saturated rings. The van der Waals surface area contributed by atoms with Crippen molar-refractivity contribution in [1.29, 1.82) is 0 Å². The van der Waals surface area contributed by atoms with Gasteiger partial charge >= 0.3 is 0 Å². The molecule has 1 amide bonds. The maximum absolute atomic E-state index is 12.7. The average molecular weight is 327 g/mol. The lowest BCUT2D eigenvalue weighted by molar-refractivity contribution is -0.122. The van der Waals surface area contributed by atoms with Gasteiger partial charge in [0.2, 0.25) is 0 Å². The lowest BCUT2D eigenvalue weighted by atomic mass is 10.1. The Kier molecular flexibility index (Phi) is 5.63. The van der Waals surface area contributed by atoms with E-state index in [9.17, 15) is 4.79 Å². The smallest absolute Gasteiger partial charge is 0.290 e. The first kappa shape index (κ1) is 16.6. The Morgan fingerprint density at radius 3 is 2.82 bits per heavy atom. The minimum Gasteiger partial charge on any atom is -0.496 e. The molecule has 0 radical (unpaired) electrons. The Hall–Kier alpha value is -1.79. The molecule has 2 aliphatic heterocycles. The second-order valence-corrected chi connectivity index (χ2v) is 5.63. The van der Waals surface area contributed by atoms with Crippen LogP contribution in [0.5, 0.6) is 5.75 Å². The van der Waals surface area contributed by atoms with Gasteiger partial charge in [-0.1, -0.05) is 11.6 Å². The van der Waals surface area contributed by atoms with E-state index >= 15 is 0 Å². The molecule has 2 bridgehead atoms. The average Bonchev–Trinajstić information content (AvgIpc) is 2.89. The van der Waals surface area contributed by atoms with Crippen LogP contribution in [0.1, 0.15) is 16.8 Å². The monoisotopic (exact) mass is 326 g/mol. The summed E-state index contributed by atoms with van der Waals surface area (Å²) in [5.41, 5.74) is 0.604. The third kappa shape index (κ3) is 3.51. The Labute approximate surface area is 134 Å². The molecule has 0 aliphatic carbocycles. The first-order valence-corrected chi connectivity index (χ1v) is 7.43. The molecule has 120 valence electrons. The molecule has 1 aromatic rings. The van der Waals surface area contributed by atoms with E-state index in [1.54, 1.807) is 25.3 Å². The van der Waals surface area contributed by atoms with Crippen molar-refractivity contribution in [3.63, 3.8) is 0 Å². The summed E-state index contributed by atoms with van der Waals surface area (Å²) < 4.78 is 5.28. The fraction of sp³-hybridized carbons (Fsp3) is 0.467. The van der Waals surface area contributed by atoms with Gasteiger partial charge in [-0.15, -0.1) is 0 Å². The molecule has 22 heavy (non-hydrogen) atoms. The molecule has 0 spiro atoms. The van der Waals surface area contributed by atoms with Gasteiger partial charge in [0.05, 0.1) is 12.7 Å². The number of carboxylic acid groups (broad SMARTS) is 1. The van der Waals surface area contributed by atoms with E-state index in [2.05, 4.69) is 4.90 Å². The van der Waals surface area contributed by atoms with Gasteiger partial charge in [0.15, 0.2) is 0 Å². The Balaban J connectivity index is 0.000000545. The molecule has 0 saturated carbocycles. The van der Waals surface area contributed by atoms with Crippen LogP contribution in [-0.4, -0.2) is 66.6 Å². The third-order valence-electron chi connectivity index (χ3n) is 4.00. The lowest BCUT2D eigenvalue weighted by Gasteiger charge is -2.34. The molecule has 2 unspecified atom stereocenters. The fourth-order valence-corrected chi connectivity index (χ4v) is 3.13. The number of amides is 1. The number of hydrogen-bond acceptors (Lipinski definition) is 4. The van der Waals surface area contributed by atoms with E-state index in [0.29, 0.717) is 22.4 Å². The van der Waals surface area contributed by atoms with Crippen molar-refractivity contribution in [3.05, 3.63) is 28.8 Å². The number of ether oxygens (including phenoxy) is 1. The molecular formula is C15H19ClN2O4. The molecule has 7 heteroatoms. The minimum absolute atomic E-state index is 0.0556. The number of carbonyl (C=O) groups excluding carboxylic acids is 1. The first-order valence-electron chi connectivity index (χ1n) is 7.05. The Morgan fingerprint density at radius 2 is 2.14 bits per heavy atom. The van der Waals surface area contributed by atoms with Crippen molar-refractivity contribution in [2.24, 2.45) is 0 Å². The highest BCUT2D eigenvalue weighted by Crippen LogP contribution is 2.28. The van der Waals surface area contributed by atoms with Gasteiger partial charge in [-0.3, -0.25) is 14.5 Å². The van der Waals surface area contributed by atoms with E-state index in [4.69, 9.17) is 26.2 Å². The van der Waals surface area contributed by atoms with Crippen LogP contribution in [0, 0.1) is 0 Å². The predicted octanol–water partition coefficient (Wildman–Crippen LogP) is 1.58. The van der Waals surface area contributed by atoms with Crippen LogP contribution in [0.25, 0.3) is 0 Å². The molecule has 0 aromatic heterocycles. The van der Waals surface area contributed by atoms with Gasteiger partial charge in [0, 0.05) is 37.2 Å². The molecule has 2 atom stereocenters. The minimum atomic E-state index is -0.250. The topological polar surface area (TPSA) is 70.1 Å². The predicted molar refractivity (Wildman–Crippen MR) is 82.6 cm³/mol. The van der Waals surface area contributed by atoms with E-state index in [1.165, 1.54) is 0 Å². The number of hydrogen-bond donors (Lipinski definition) is 1. The summed E-state index contributed by atoms with van der Waals surface area (Å²) in [7, 11) is 1.57. The third-order valence-corrected chi connectivity index (χ3v) is 4.24. The number of piperazine rings is 1. The maximum Gasteiger partial charge on any atom is 0.290 e. The summed E-state index contributed by atoms with van der Waals surface area (Å²) in [6.07, 6.45) is 1.07. The van der Waals surface area contributed by atoms with Crippen molar-refractivity contribution in [3.8, 4) is 5.75 Å².